The van der Waals surface area contributed by atoms with Crippen LogP contribution < -0.4 is 4.74 Å². The van der Waals surface area contributed by atoms with Gasteiger partial charge in [-0.05, 0) is 42.9 Å². The largest absolute Gasteiger partial charge is 0.492 e. The van der Waals surface area contributed by atoms with Crippen LogP contribution in [-0.4, -0.2) is 37.9 Å². The number of ether oxygens (including phenoxy) is 1. The van der Waals surface area contributed by atoms with Gasteiger partial charge in [-0.3, -0.25) is 4.79 Å². The van der Waals surface area contributed by atoms with Crippen molar-refractivity contribution in [1.29, 1.82) is 0 Å². The summed E-state index contributed by atoms with van der Waals surface area (Å²) in [6.45, 7) is 5.47. The molecule has 2 rings (SSSR count). The highest BCUT2D eigenvalue weighted by Crippen LogP contribution is 2.23. The standard InChI is InChI=1S/C21H27NO2/c1-16(2)21(23)15-17-5-7-18(8-6-17)19-9-11-20(12-10-19)24-14-13-22(3)4/h5-12,16H,13-15H2,1-4H3. The fourth-order valence-electron chi connectivity index (χ4n) is 2.31. The highest BCUT2D eigenvalue weighted by molar-refractivity contribution is 5.82. The van der Waals surface area contributed by atoms with Crippen molar-refractivity contribution in [2.24, 2.45) is 5.92 Å². The van der Waals surface area contributed by atoms with Crippen molar-refractivity contribution in [3.63, 3.8) is 0 Å². The Kier molecular flexibility index (Phi) is 6.56. The summed E-state index contributed by atoms with van der Waals surface area (Å²) >= 11 is 0. The molecule has 3 heteroatoms. The van der Waals surface area contributed by atoms with E-state index in [9.17, 15) is 4.79 Å². The summed E-state index contributed by atoms with van der Waals surface area (Å²) in [6, 6.07) is 16.4. The smallest absolute Gasteiger partial charge is 0.139 e. The minimum atomic E-state index is 0.0877. The Morgan fingerprint density at radius 2 is 1.50 bits per heavy atom. The van der Waals surface area contributed by atoms with Crippen LogP contribution in [0.3, 0.4) is 0 Å². The van der Waals surface area contributed by atoms with Gasteiger partial charge in [-0.15, -0.1) is 0 Å². The maximum Gasteiger partial charge on any atom is 0.139 e. The number of benzene rings is 2. The van der Waals surface area contributed by atoms with E-state index in [4.69, 9.17) is 4.74 Å². The summed E-state index contributed by atoms with van der Waals surface area (Å²) < 4.78 is 5.71. The van der Waals surface area contributed by atoms with Gasteiger partial charge in [0.05, 0.1) is 0 Å². The molecule has 0 N–H and O–H groups in total. The molecule has 0 amide bonds. The van der Waals surface area contributed by atoms with Gasteiger partial charge in [-0.25, -0.2) is 0 Å². The fraction of sp³-hybridized carbons (Fsp3) is 0.381. The summed E-state index contributed by atoms with van der Waals surface area (Å²) in [5.41, 5.74) is 3.37. The third kappa shape index (κ3) is 5.50. The van der Waals surface area contributed by atoms with Crippen LogP contribution in [0.5, 0.6) is 5.75 Å². The Bertz CT molecular complexity index is 643. The molecule has 24 heavy (non-hydrogen) atoms. The molecule has 0 unspecified atom stereocenters. The van der Waals surface area contributed by atoms with E-state index >= 15 is 0 Å². The highest BCUT2D eigenvalue weighted by Gasteiger charge is 2.08. The van der Waals surface area contributed by atoms with Gasteiger partial charge in [0.15, 0.2) is 0 Å². The molecule has 0 fully saturated rings. The first-order valence-corrected chi connectivity index (χ1v) is 8.45. The van der Waals surface area contributed by atoms with Crippen LogP contribution in [0.1, 0.15) is 19.4 Å². The molecule has 0 saturated carbocycles. The van der Waals surface area contributed by atoms with Crippen LogP contribution in [0, 0.1) is 5.92 Å². The van der Waals surface area contributed by atoms with Crippen LogP contribution >= 0.6 is 0 Å². The third-order valence-electron chi connectivity index (χ3n) is 3.97. The van der Waals surface area contributed by atoms with Crippen molar-refractivity contribution in [2.75, 3.05) is 27.2 Å². The number of carbonyl (C=O) groups excluding carboxylic acids is 1. The molecule has 3 nitrogen and oxygen atoms in total. The Hall–Kier alpha value is -2.13. The first kappa shape index (κ1) is 18.2. The lowest BCUT2D eigenvalue weighted by molar-refractivity contribution is -0.121. The number of hydrogen-bond donors (Lipinski definition) is 0. The van der Waals surface area contributed by atoms with Crippen molar-refractivity contribution in [1.82, 2.24) is 4.90 Å². The molecule has 0 bridgehead atoms. The molecule has 0 spiro atoms. The summed E-state index contributed by atoms with van der Waals surface area (Å²) in [5, 5.41) is 0. The van der Waals surface area contributed by atoms with Crippen LogP contribution in [0.2, 0.25) is 0 Å². The zero-order valence-electron chi connectivity index (χ0n) is 15.1. The van der Waals surface area contributed by atoms with Crippen molar-refractivity contribution in [3.05, 3.63) is 54.1 Å². The number of likely N-dealkylation sites (N-methyl/N-ethyl adjacent to an activating group) is 1. The molecule has 0 radical (unpaired) electrons. The zero-order chi connectivity index (χ0) is 17.5. The second-order valence-electron chi connectivity index (χ2n) is 6.67. The summed E-state index contributed by atoms with van der Waals surface area (Å²) in [7, 11) is 4.07. The quantitative estimate of drug-likeness (QED) is 0.733. The first-order valence-electron chi connectivity index (χ1n) is 8.45. The molecule has 0 aromatic heterocycles. The first-order chi connectivity index (χ1) is 11.5. The zero-order valence-corrected chi connectivity index (χ0v) is 15.1. The van der Waals surface area contributed by atoms with Gasteiger partial charge in [0, 0.05) is 18.9 Å². The Morgan fingerprint density at radius 1 is 0.958 bits per heavy atom. The molecule has 0 heterocycles. The minimum Gasteiger partial charge on any atom is -0.492 e. The second kappa shape index (κ2) is 8.65. The van der Waals surface area contributed by atoms with Gasteiger partial charge in [-0.1, -0.05) is 50.2 Å². The Morgan fingerprint density at radius 3 is 2.00 bits per heavy atom. The summed E-state index contributed by atoms with van der Waals surface area (Å²) in [4.78, 5) is 13.9. The van der Waals surface area contributed by atoms with Crippen LogP contribution in [0.4, 0.5) is 0 Å². The summed E-state index contributed by atoms with van der Waals surface area (Å²) in [6.07, 6.45) is 0.511. The molecule has 2 aromatic carbocycles. The van der Waals surface area contributed by atoms with E-state index in [1.165, 1.54) is 0 Å². The number of ketones is 1. The van der Waals surface area contributed by atoms with E-state index in [0.29, 0.717) is 13.0 Å². The van der Waals surface area contributed by atoms with E-state index in [2.05, 4.69) is 29.2 Å². The van der Waals surface area contributed by atoms with Gasteiger partial charge >= 0.3 is 0 Å². The van der Waals surface area contributed by atoms with Crippen molar-refractivity contribution in [3.8, 4) is 16.9 Å². The third-order valence-corrected chi connectivity index (χ3v) is 3.97. The lowest BCUT2D eigenvalue weighted by Gasteiger charge is -2.11. The second-order valence-corrected chi connectivity index (χ2v) is 6.67. The average molecular weight is 325 g/mol. The molecule has 0 aliphatic carbocycles. The number of rotatable bonds is 8. The van der Waals surface area contributed by atoms with Gasteiger partial charge < -0.3 is 9.64 Å². The molecule has 0 atom stereocenters. The van der Waals surface area contributed by atoms with Crippen molar-refractivity contribution >= 4 is 5.78 Å². The molecule has 0 aliphatic rings. The molecular formula is C21H27NO2. The van der Waals surface area contributed by atoms with E-state index < -0.39 is 0 Å². The minimum absolute atomic E-state index is 0.0877. The van der Waals surface area contributed by atoms with Gasteiger partial charge in [0.2, 0.25) is 0 Å². The van der Waals surface area contributed by atoms with Crippen LogP contribution in [0.25, 0.3) is 11.1 Å². The number of Topliss-reactive ketones (excluding diaryl/α,β-unsaturated/α-hetero) is 1. The Balaban J connectivity index is 1.97. The normalized spacial score (nSPS) is 11.1. The van der Waals surface area contributed by atoms with Gasteiger partial charge in [0.1, 0.15) is 18.1 Å². The summed E-state index contributed by atoms with van der Waals surface area (Å²) in [5.74, 6) is 1.26. The lowest BCUT2D eigenvalue weighted by Crippen LogP contribution is -2.19. The predicted molar refractivity (Wildman–Crippen MR) is 99.5 cm³/mol. The van der Waals surface area contributed by atoms with Crippen molar-refractivity contribution < 1.29 is 9.53 Å². The monoisotopic (exact) mass is 325 g/mol. The van der Waals surface area contributed by atoms with Crippen molar-refractivity contribution in [2.45, 2.75) is 20.3 Å². The van der Waals surface area contributed by atoms with E-state index in [0.717, 1.165) is 29.0 Å². The Labute approximate surface area is 145 Å². The number of hydrogen-bond acceptors (Lipinski definition) is 3. The van der Waals surface area contributed by atoms with E-state index in [1.807, 2.05) is 52.2 Å². The fourth-order valence-corrected chi connectivity index (χ4v) is 2.31. The van der Waals surface area contributed by atoms with E-state index in [1.54, 1.807) is 0 Å². The molecular weight excluding hydrogens is 298 g/mol. The molecule has 2 aromatic rings. The lowest BCUT2D eigenvalue weighted by atomic mass is 9.98. The maximum absolute atomic E-state index is 11.8. The van der Waals surface area contributed by atoms with Crippen LogP contribution in [0.15, 0.2) is 48.5 Å². The van der Waals surface area contributed by atoms with Gasteiger partial charge in [-0.2, -0.15) is 0 Å². The van der Waals surface area contributed by atoms with Crippen LogP contribution in [-0.2, 0) is 11.2 Å². The number of nitrogens with zero attached hydrogens (tertiary/aromatic N) is 1. The predicted octanol–water partition coefficient (Wildman–Crippen LogP) is 4.06. The SMILES string of the molecule is CC(C)C(=O)Cc1ccc(-c2ccc(OCCN(C)C)cc2)cc1. The maximum atomic E-state index is 11.8. The number of carbonyl (C=O) groups is 1. The topological polar surface area (TPSA) is 29.5 Å². The highest BCUT2D eigenvalue weighted by atomic mass is 16.5. The molecule has 128 valence electrons. The average Bonchev–Trinajstić information content (AvgIpc) is 2.56. The molecule has 0 aliphatic heterocycles. The van der Waals surface area contributed by atoms with Gasteiger partial charge in [0.25, 0.3) is 0 Å². The van der Waals surface area contributed by atoms with E-state index in [-0.39, 0.29) is 11.7 Å². The molecule has 0 saturated heterocycles.